The summed E-state index contributed by atoms with van der Waals surface area (Å²) in [5, 5.41) is 0. The third-order valence-corrected chi connectivity index (χ3v) is 3.77. The second kappa shape index (κ2) is 3.72. The Morgan fingerprint density at radius 1 is 1.54 bits per heavy atom. The highest BCUT2D eigenvalue weighted by molar-refractivity contribution is 7.99. The lowest BCUT2D eigenvalue weighted by atomic mass is 10.0. The monoisotopic (exact) mass is 193 g/mol. The highest BCUT2D eigenvalue weighted by Gasteiger charge is 2.15. The highest BCUT2D eigenvalue weighted by Crippen LogP contribution is 2.30. The molecule has 0 saturated heterocycles. The Hall–Kier alpha value is -0.470. The van der Waals surface area contributed by atoms with E-state index in [1.807, 2.05) is 11.8 Å². The lowest BCUT2D eigenvalue weighted by Crippen LogP contribution is -2.28. The summed E-state index contributed by atoms with van der Waals surface area (Å²) in [5.41, 5.74) is 8.79. The molecular formula is C11H15NS. The van der Waals surface area contributed by atoms with Crippen LogP contribution in [-0.2, 0) is 12.8 Å². The number of rotatable bonds is 1. The van der Waals surface area contributed by atoms with Gasteiger partial charge in [0.15, 0.2) is 0 Å². The van der Waals surface area contributed by atoms with Crippen molar-refractivity contribution in [3.8, 4) is 0 Å². The summed E-state index contributed by atoms with van der Waals surface area (Å²) in [4.78, 5) is 1.43. The van der Waals surface area contributed by atoms with Crippen molar-refractivity contribution in [2.75, 3.05) is 5.75 Å². The molecule has 0 radical (unpaired) electrons. The topological polar surface area (TPSA) is 26.0 Å². The van der Waals surface area contributed by atoms with E-state index in [1.54, 1.807) is 0 Å². The second-order valence-corrected chi connectivity index (χ2v) is 4.63. The highest BCUT2D eigenvalue weighted by atomic mass is 32.2. The molecule has 0 saturated carbocycles. The number of benzene rings is 1. The fourth-order valence-corrected chi connectivity index (χ4v) is 2.69. The smallest absolute Gasteiger partial charge is 0.0175 e. The minimum atomic E-state index is 0.351. The minimum Gasteiger partial charge on any atom is -0.327 e. The Kier molecular flexibility index (Phi) is 2.61. The van der Waals surface area contributed by atoms with Crippen LogP contribution >= 0.6 is 11.8 Å². The predicted octanol–water partition coefficient (Wildman–Crippen LogP) is 2.22. The van der Waals surface area contributed by atoms with Crippen molar-refractivity contribution in [2.24, 2.45) is 5.73 Å². The Balaban J connectivity index is 2.32. The van der Waals surface area contributed by atoms with Crippen LogP contribution in [0.2, 0.25) is 0 Å². The minimum absolute atomic E-state index is 0.351. The van der Waals surface area contributed by atoms with E-state index in [4.69, 9.17) is 5.73 Å². The molecule has 1 unspecified atom stereocenters. The number of aryl methyl sites for hydroxylation is 1. The zero-order chi connectivity index (χ0) is 9.26. The van der Waals surface area contributed by atoms with E-state index in [1.165, 1.54) is 16.0 Å². The molecule has 0 bridgehead atoms. The van der Waals surface area contributed by atoms with E-state index in [-0.39, 0.29) is 0 Å². The zero-order valence-corrected chi connectivity index (χ0v) is 8.73. The van der Waals surface area contributed by atoms with Crippen molar-refractivity contribution in [2.45, 2.75) is 30.7 Å². The first kappa shape index (κ1) is 9.10. The van der Waals surface area contributed by atoms with Crippen molar-refractivity contribution in [3.63, 3.8) is 0 Å². The van der Waals surface area contributed by atoms with Crippen LogP contribution in [-0.4, -0.2) is 11.8 Å². The number of hydrogen-bond donors (Lipinski definition) is 1. The molecule has 70 valence electrons. The predicted molar refractivity (Wildman–Crippen MR) is 58.2 cm³/mol. The standard InChI is InChI=1S/C11H15NS/c1-2-8-3-4-11-9(5-8)6-10(12)7-13-11/h3-5,10H,2,6-7,12H2,1H3. The summed E-state index contributed by atoms with van der Waals surface area (Å²) in [6.07, 6.45) is 2.17. The average Bonchev–Trinajstić information content (AvgIpc) is 2.16. The van der Waals surface area contributed by atoms with Gasteiger partial charge in [-0.05, 0) is 30.0 Å². The van der Waals surface area contributed by atoms with Gasteiger partial charge < -0.3 is 5.73 Å². The quantitative estimate of drug-likeness (QED) is 0.740. The Bertz CT molecular complexity index is 309. The van der Waals surface area contributed by atoms with Gasteiger partial charge in [-0.25, -0.2) is 0 Å². The molecule has 1 heterocycles. The molecule has 1 aromatic carbocycles. The first-order valence-electron chi connectivity index (χ1n) is 4.79. The van der Waals surface area contributed by atoms with Crippen LogP contribution in [0.5, 0.6) is 0 Å². The molecule has 13 heavy (non-hydrogen) atoms. The molecule has 0 spiro atoms. The first-order chi connectivity index (χ1) is 6.29. The van der Waals surface area contributed by atoms with Gasteiger partial charge in [0, 0.05) is 16.7 Å². The summed E-state index contributed by atoms with van der Waals surface area (Å²) in [5.74, 6) is 1.07. The molecule has 0 aromatic heterocycles. The number of thioether (sulfide) groups is 1. The lowest BCUT2D eigenvalue weighted by molar-refractivity contribution is 0.725. The van der Waals surface area contributed by atoms with Gasteiger partial charge in [0.1, 0.15) is 0 Å². The molecule has 2 N–H and O–H groups in total. The van der Waals surface area contributed by atoms with Gasteiger partial charge in [-0.3, -0.25) is 0 Å². The van der Waals surface area contributed by atoms with Crippen molar-refractivity contribution >= 4 is 11.8 Å². The second-order valence-electron chi connectivity index (χ2n) is 3.57. The van der Waals surface area contributed by atoms with Crippen LogP contribution in [0.1, 0.15) is 18.1 Å². The van der Waals surface area contributed by atoms with Crippen molar-refractivity contribution in [1.82, 2.24) is 0 Å². The molecule has 0 fully saturated rings. The van der Waals surface area contributed by atoms with Gasteiger partial charge in [0.2, 0.25) is 0 Å². The molecule has 2 rings (SSSR count). The van der Waals surface area contributed by atoms with Crippen LogP contribution in [0.15, 0.2) is 23.1 Å². The third-order valence-electron chi connectivity index (χ3n) is 2.47. The lowest BCUT2D eigenvalue weighted by Gasteiger charge is -2.21. The van der Waals surface area contributed by atoms with E-state index in [2.05, 4.69) is 25.1 Å². The molecule has 1 aliphatic rings. The largest absolute Gasteiger partial charge is 0.327 e. The Labute approximate surface area is 83.7 Å². The van der Waals surface area contributed by atoms with E-state index >= 15 is 0 Å². The Morgan fingerprint density at radius 3 is 3.15 bits per heavy atom. The summed E-state index contributed by atoms with van der Waals surface area (Å²) >= 11 is 1.89. The zero-order valence-electron chi connectivity index (χ0n) is 7.92. The van der Waals surface area contributed by atoms with Crippen LogP contribution in [0.25, 0.3) is 0 Å². The summed E-state index contributed by atoms with van der Waals surface area (Å²) in [6.45, 7) is 2.19. The molecule has 1 nitrogen and oxygen atoms in total. The first-order valence-corrected chi connectivity index (χ1v) is 5.78. The molecule has 0 aliphatic carbocycles. The van der Waals surface area contributed by atoms with E-state index in [0.717, 1.165) is 18.6 Å². The van der Waals surface area contributed by atoms with Crippen molar-refractivity contribution in [3.05, 3.63) is 29.3 Å². The number of hydrogen-bond acceptors (Lipinski definition) is 2. The normalized spacial score (nSPS) is 21.2. The SMILES string of the molecule is CCc1ccc2c(c1)CC(N)CS2. The van der Waals surface area contributed by atoms with Crippen molar-refractivity contribution in [1.29, 1.82) is 0 Å². The van der Waals surface area contributed by atoms with Crippen molar-refractivity contribution < 1.29 is 0 Å². The maximum atomic E-state index is 5.92. The van der Waals surface area contributed by atoms with Gasteiger partial charge >= 0.3 is 0 Å². The van der Waals surface area contributed by atoms with Crippen LogP contribution in [0.4, 0.5) is 0 Å². The van der Waals surface area contributed by atoms with Crippen LogP contribution in [0.3, 0.4) is 0 Å². The van der Waals surface area contributed by atoms with E-state index < -0.39 is 0 Å². The van der Waals surface area contributed by atoms with Gasteiger partial charge in [-0.15, -0.1) is 11.8 Å². The molecule has 2 heteroatoms. The third kappa shape index (κ3) is 1.89. The Morgan fingerprint density at radius 2 is 2.38 bits per heavy atom. The average molecular weight is 193 g/mol. The number of fused-ring (bicyclic) bond motifs is 1. The van der Waals surface area contributed by atoms with Gasteiger partial charge in [-0.1, -0.05) is 19.1 Å². The molecule has 0 amide bonds. The summed E-state index contributed by atoms with van der Waals surface area (Å²) in [7, 11) is 0. The molecule has 1 atom stereocenters. The summed E-state index contributed by atoms with van der Waals surface area (Å²) in [6, 6.07) is 7.12. The molecule has 1 aromatic rings. The fraction of sp³-hybridized carbons (Fsp3) is 0.455. The molecule has 1 aliphatic heterocycles. The van der Waals surface area contributed by atoms with Crippen LogP contribution < -0.4 is 5.73 Å². The van der Waals surface area contributed by atoms with E-state index in [9.17, 15) is 0 Å². The van der Waals surface area contributed by atoms with E-state index in [0.29, 0.717) is 6.04 Å². The maximum absolute atomic E-state index is 5.92. The van der Waals surface area contributed by atoms with Gasteiger partial charge in [0.25, 0.3) is 0 Å². The van der Waals surface area contributed by atoms with Gasteiger partial charge in [0.05, 0.1) is 0 Å². The number of nitrogens with two attached hydrogens (primary N) is 1. The fourth-order valence-electron chi connectivity index (χ4n) is 1.69. The molecular weight excluding hydrogens is 178 g/mol. The maximum Gasteiger partial charge on any atom is 0.0175 e. The van der Waals surface area contributed by atoms with Gasteiger partial charge in [-0.2, -0.15) is 0 Å². The summed E-state index contributed by atoms with van der Waals surface area (Å²) < 4.78 is 0. The van der Waals surface area contributed by atoms with Crippen LogP contribution in [0, 0.1) is 0 Å².